The molecule has 1 aromatic carbocycles. The van der Waals surface area contributed by atoms with Crippen molar-refractivity contribution in [2.75, 3.05) is 11.9 Å². The Morgan fingerprint density at radius 3 is 2.80 bits per heavy atom. The molecular weight excluding hydrogens is 285 g/mol. The van der Waals surface area contributed by atoms with E-state index in [0.29, 0.717) is 12.4 Å². The molecule has 1 heterocycles. The van der Waals surface area contributed by atoms with E-state index in [9.17, 15) is 14.5 Å². The lowest BCUT2D eigenvalue weighted by Gasteiger charge is -2.18. The van der Waals surface area contributed by atoms with Gasteiger partial charge in [0.15, 0.2) is 0 Å². The number of hydrogen-bond acceptors (Lipinski definition) is 4. The fourth-order valence-electron chi connectivity index (χ4n) is 1.76. The highest BCUT2D eigenvalue weighted by Crippen LogP contribution is 2.23. The number of halogens is 2. The molecule has 2 aromatic rings. The van der Waals surface area contributed by atoms with Crippen LogP contribution >= 0.6 is 11.6 Å². The van der Waals surface area contributed by atoms with Crippen molar-refractivity contribution in [2.24, 2.45) is 0 Å². The number of nitro groups is 1. The van der Waals surface area contributed by atoms with E-state index in [0.717, 1.165) is 5.56 Å². The summed E-state index contributed by atoms with van der Waals surface area (Å²) in [6, 6.07) is 8.62. The highest BCUT2D eigenvalue weighted by atomic mass is 35.5. The van der Waals surface area contributed by atoms with E-state index in [4.69, 9.17) is 11.6 Å². The number of aromatic nitrogens is 1. The molecule has 5 nitrogen and oxygen atoms in total. The number of hydrogen-bond donors (Lipinski definition) is 0. The van der Waals surface area contributed by atoms with Crippen molar-refractivity contribution in [3.05, 3.63) is 63.0 Å². The highest BCUT2D eigenvalue weighted by Gasteiger charge is 2.13. The SMILES string of the molecule is CN(Cc1cccc(F)c1)c1cc([N+](=O)[O-])cc(Cl)n1. The molecule has 0 radical (unpaired) electrons. The standard InChI is InChI=1S/C13H11ClFN3O2/c1-17(8-9-3-2-4-10(15)5-9)13-7-11(18(19)20)6-12(14)16-13/h2-7H,8H2,1H3. The third-order valence-corrected chi connectivity index (χ3v) is 2.87. The summed E-state index contributed by atoms with van der Waals surface area (Å²) < 4.78 is 13.1. The second-order valence-electron chi connectivity index (χ2n) is 4.25. The fraction of sp³-hybridized carbons (Fsp3) is 0.154. The molecule has 0 fully saturated rings. The second kappa shape index (κ2) is 5.83. The Morgan fingerprint density at radius 1 is 1.40 bits per heavy atom. The molecule has 0 unspecified atom stereocenters. The molecule has 0 aliphatic heterocycles. The zero-order valence-electron chi connectivity index (χ0n) is 10.6. The van der Waals surface area contributed by atoms with Gasteiger partial charge in [-0.1, -0.05) is 23.7 Å². The van der Waals surface area contributed by atoms with Crippen LogP contribution in [0.3, 0.4) is 0 Å². The van der Waals surface area contributed by atoms with Crippen LogP contribution in [0.1, 0.15) is 5.56 Å². The summed E-state index contributed by atoms with van der Waals surface area (Å²) in [5, 5.41) is 10.8. The summed E-state index contributed by atoms with van der Waals surface area (Å²) in [6.07, 6.45) is 0. The molecule has 0 saturated carbocycles. The maximum absolute atomic E-state index is 13.1. The topological polar surface area (TPSA) is 59.3 Å². The number of anilines is 1. The first-order valence-corrected chi connectivity index (χ1v) is 6.11. The van der Waals surface area contributed by atoms with Crippen LogP contribution < -0.4 is 4.90 Å². The summed E-state index contributed by atoms with van der Waals surface area (Å²) in [5.74, 6) is 0.0226. The largest absolute Gasteiger partial charge is 0.355 e. The van der Waals surface area contributed by atoms with Gasteiger partial charge >= 0.3 is 0 Å². The lowest BCUT2D eigenvalue weighted by atomic mass is 10.2. The van der Waals surface area contributed by atoms with Gasteiger partial charge in [0.05, 0.1) is 17.1 Å². The van der Waals surface area contributed by atoms with Crippen LogP contribution in [-0.2, 0) is 6.54 Å². The minimum atomic E-state index is -0.535. The Labute approximate surface area is 119 Å². The van der Waals surface area contributed by atoms with Gasteiger partial charge in [-0.3, -0.25) is 10.1 Å². The van der Waals surface area contributed by atoms with Gasteiger partial charge in [0.1, 0.15) is 16.8 Å². The quantitative estimate of drug-likeness (QED) is 0.492. The molecule has 0 aliphatic carbocycles. The van der Waals surface area contributed by atoms with Gasteiger partial charge < -0.3 is 4.90 Å². The molecule has 0 spiro atoms. The van der Waals surface area contributed by atoms with E-state index in [2.05, 4.69) is 4.98 Å². The first kappa shape index (κ1) is 14.2. The molecule has 2 rings (SSSR count). The van der Waals surface area contributed by atoms with E-state index in [1.165, 1.54) is 24.3 Å². The summed E-state index contributed by atoms with van der Waals surface area (Å²) in [4.78, 5) is 15.9. The van der Waals surface area contributed by atoms with Gasteiger partial charge in [-0.25, -0.2) is 9.37 Å². The summed E-state index contributed by atoms with van der Waals surface area (Å²) >= 11 is 5.76. The van der Waals surface area contributed by atoms with Crippen LogP contribution in [0.2, 0.25) is 5.15 Å². The molecule has 20 heavy (non-hydrogen) atoms. The number of rotatable bonds is 4. The third-order valence-electron chi connectivity index (χ3n) is 2.68. The Bertz CT molecular complexity index is 651. The maximum atomic E-state index is 13.1. The van der Waals surface area contributed by atoms with Crippen molar-refractivity contribution < 1.29 is 9.31 Å². The lowest BCUT2D eigenvalue weighted by Crippen LogP contribution is -2.18. The first-order chi connectivity index (χ1) is 9.45. The second-order valence-corrected chi connectivity index (χ2v) is 4.64. The molecule has 0 bridgehead atoms. The summed E-state index contributed by atoms with van der Waals surface area (Å²) in [5.41, 5.74) is 0.600. The number of benzene rings is 1. The zero-order chi connectivity index (χ0) is 14.7. The molecule has 0 saturated heterocycles. The van der Waals surface area contributed by atoms with Crippen molar-refractivity contribution >= 4 is 23.1 Å². The van der Waals surface area contributed by atoms with E-state index in [1.807, 2.05) is 0 Å². The zero-order valence-corrected chi connectivity index (χ0v) is 11.3. The van der Waals surface area contributed by atoms with Gasteiger partial charge in [-0.05, 0) is 17.7 Å². The van der Waals surface area contributed by atoms with Crippen molar-refractivity contribution in [1.29, 1.82) is 0 Å². The molecule has 0 amide bonds. The first-order valence-electron chi connectivity index (χ1n) is 5.73. The Balaban J connectivity index is 2.25. The van der Waals surface area contributed by atoms with Crippen molar-refractivity contribution in [3.63, 3.8) is 0 Å². The Morgan fingerprint density at radius 2 is 2.15 bits per heavy atom. The van der Waals surface area contributed by atoms with Crippen molar-refractivity contribution in [2.45, 2.75) is 6.54 Å². The highest BCUT2D eigenvalue weighted by molar-refractivity contribution is 6.29. The smallest absolute Gasteiger partial charge is 0.276 e. The van der Waals surface area contributed by atoms with Gasteiger partial charge in [-0.15, -0.1) is 0 Å². The van der Waals surface area contributed by atoms with Crippen LogP contribution in [-0.4, -0.2) is 17.0 Å². The third kappa shape index (κ3) is 3.42. The predicted molar refractivity (Wildman–Crippen MR) is 74.4 cm³/mol. The Kier molecular flexibility index (Phi) is 4.14. The molecule has 0 atom stereocenters. The molecule has 7 heteroatoms. The molecule has 104 valence electrons. The monoisotopic (exact) mass is 295 g/mol. The molecule has 0 aliphatic rings. The lowest BCUT2D eigenvalue weighted by molar-refractivity contribution is -0.384. The van der Waals surface area contributed by atoms with Crippen LogP contribution in [0, 0.1) is 15.9 Å². The van der Waals surface area contributed by atoms with E-state index in [-0.39, 0.29) is 16.7 Å². The van der Waals surface area contributed by atoms with Crippen molar-refractivity contribution in [1.82, 2.24) is 4.98 Å². The van der Waals surface area contributed by atoms with Crippen LogP contribution in [0.5, 0.6) is 0 Å². The van der Waals surface area contributed by atoms with Gasteiger partial charge in [0, 0.05) is 13.6 Å². The van der Waals surface area contributed by atoms with E-state index < -0.39 is 4.92 Å². The van der Waals surface area contributed by atoms with Crippen LogP contribution in [0.4, 0.5) is 15.9 Å². The molecule has 0 N–H and O–H groups in total. The normalized spacial score (nSPS) is 10.3. The Hall–Kier alpha value is -2.21. The average Bonchev–Trinajstić information content (AvgIpc) is 2.37. The van der Waals surface area contributed by atoms with Crippen molar-refractivity contribution in [3.8, 4) is 0 Å². The van der Waals surface area contributed by atoms with Gasteiger partial charge in [0.25, 0.3) is 5.69 Å². The molecule has 1 aromatic heterocycles. The predicted octanol–water partition coefficient (Wildman–Crippen LogP) is 3.42. The van der Waals surface area contributed by atoms with Gasteiger partial charge in [0.2, 0.25) is 0 Å². The average molecular weight is 296 g/mol. The number of pyridine rings is 1. The minimum absolute atomic E-state index is 0.0419. The minimum Gasteiger partial charge on any atom is -0.355 e. The maximum Gasteiger partial charge on any atom is 0.276 e. The van der Waals surface area contributed by atoms with Crippen LogP contribution in [0.25, 0.3) is 0 Å². The summed E-state index contributed by atoms with van der Waals surface area (Å²) in [7, 11) is 1.70. The number of nitrogens with zero attached hydrogens (tertiary/aromatic N) is 3. The molecular formula is C13H11ClFN3O2. The van der Waals surface area contributed by atoms with E-state index in [1.54, 1.807) is 24.1 Å². The summed E-state index contributed by atoms with van der Waals surface area (Å²) in [6.45, 7) is 0.363. The van der Waals surface area contributed by atoms with Gasteiger partial charge in [-0.2, -0.15) is 0 Å². The van der Waals surface area contributed by atoms with Crippen LogP contribution in [0.15, 0.2) is 36.4 Å². The fourth-order valence-corrected chi connectivity index (χ4v) is 1.96. The van der Waals surface area contributed by atoms with E-state index >= 15 is 0 Å².